The van der Waals surface area contributed by atoms with Crippen LogP contribution >= 0.6 is 11.8 Å². The van der Waals surface area contributed by atoms with E-state index in [2.05, 4.69) is 4.90 Å². The van der Waals surface area contributed by atoms with Gasteiger partial charge in [-0.3, -0.25) is 0 Å². The first-order chi connectivity index (χ1) is 9.16. The Bertz CT molecular complexity index is 447. The number of carboxylic acids is 1. The number of hydrogen-bond donors (Lipinski definition) is 1. The number of aromatic carboxylic acids is 1. The van der Waals surface area contributed by atoms with Crippen molar-refractivity contribution in [1.82, 2.24) is 4.90 Å². The molecule has 104 valence electrons. The summed E-state index contributed by atoms with van der Waals surface area (Å²) in [6.07, 6.45) is 3.86. The summed E-state index contributed by atoms with van der Waals surface area (Å²) in [6, 6.07) is 4.29. The number of halogens is 1. The maximum absolute atomic E-state index is 13.2. The number of hydrogen-bond acceptors (Lipinski definition) is 3. The van der Waals surface area contributed by atoms with Crippen LogP contribution in [0.1, 0.15) is 29.6 Å². The lowest BCUT2D eigenvalue weighted by Gasteiger charge is -2.26. The Morgan fingerprint density at radius 2 is 2.05 bits per heavy atom. The number of thioether (sulfide) groups is 1. The van der Waals surface area contributed by atoms with Crippen molar-refractivity contribution in [3.05, 3.63) is 29.6 Å². The molecular weight excluding hydrogens is 265 g/mol. The summed E-state index contributed by atoms with van der Waals surface area (Å²) in [5.41, 5.74) is -0.247. The number of rotatable bonds is 5. The second-order valence-electron chi connectivity index (χ2n) is 4.70. The summed E-state index contributed by atoms with van der Waals surface area (Å²) in [5, 5.41) is 8.86. The van der Waals surface area contributed by atoms with Crippen LogP contribution in [0.25, 0.3) is 0 Å². The van der Waals surface area contributed by atoms with Gasteiger partial charge in [-0.05, 0) is 44.1 Å². The van der Waals surface area contributed by atoms with E-state index < -0.39 is 11.8 Å². The zero-order valence-electron chi connectivity index (χ0n) is 10.8. The summed E-state index contributed by atoms with van der Waals surface area (Å²) in [6.45, 7) is 3.32. The summed E-state index contributed by atoms with van der Waals surface area (Å²) in [7, 11) is 0. The summed E-state index contributed by atoms with van der Waals surface area (Å²) in [5.74, 6) is -0.978. The van der Waals surface area contributed by atoms with Gasteiger partial charge in [-0.2, -0.15) is 0 Å². The van der Waals surface area contributed by atoms with Gasteiger partial charge in [0.25, 0.3) is 0 Å². The van der Waals surface area contributed by atoms with Crippen LogP contribution in [0.2, 0.25) is 0 Å². The van der Waals surface area contributed by atoms with E-state index in [1.165, 1.54) is 31.4 Å². The lowest BCUT2D eigenvalue weighted by molar-refractivity contribution is 0.0691. The fourth-order valence-corrected chi connectivity index (χ4v) is 3.18. The van der Waals surface area contributed by atoms with Gasteiger partial charge in [0.15, 0.2) is 0 Å². The second-order valence-corrected chi connectivity index (χ2v) is 5.87. The number of nitrogens with zero attached hydrogens (tertiary/aromatic N) is 1. The van der Waals surface area contributed by atoms with E-state index in [0.29, 0.717) is 0 Å². The number of piperidine rings is 1. The Morgan fingerprint density at radius 1 is 1.32 bits per heavy atom. The van der Waals surface area contributed by atoms with Gasteiger partial charge in [0.05, 0.1) is 5.56 Å². The molecule has 1 aliphatic rings. The molecule has 2 rings (SSSR count). The van der Waals surface area contributed by atoms with Crippen LogP contribution in [0.3, 0.4) is 0 Å². The monoisotopic (exact) mass is 283 g/mol. The number of benzene rings is 1. The van der Waals surface area contributed by atoms with E-state index >= 15 is 0 Å². The molecule has 1 heterocycles. The molecular formula is C14H18FNO2S. The third kappa shape index (κ3) is 4.21. The zero-order valence-corrected chi connectivity index (χ0v) is 11.6. The quantitative estimate of drug-likeness (QED) is 0.843. The smallest absolute Gasteiger partial charge is 0.338 e. The van der Waals surface area contributed by atoms with Crippen LogP contribution in [0, 0.1) is 5.82 Å². The molecule has 0 spiro atoms. The van der Waals surface area contributed by atoms with Crippen molar-refractivity contribution in [2.45, 2.75) is 24.2 Å². The van der Waals surface area contributed by atoms with Crippen molar-refractivity contribution in [2.75, 3.05) is 25.4 Å². The van der Waals surface area contributed by atoms with E-state index in [-0.39, 0.29) is 5.56 Å². The van der Waals surface area contributed by atoms with Crippen molar-refractivity contribution in [3.63, 3.8) is 0 Å². The van der Waals surface area contributed by atoms with Crippen LogP contribution in [0.4, 0.5) is 4.39 Å². The maximum Gasteiger partial charge on any atom is 0.338 e. The third-order valence-corrected chi connectivity index (χ3v) is 4.27. The fourth-order valence-electron chi connectivity index (χ4n) is 2.23. The molecule has 0 radical (unpaired) electrons. The van der Waals surface area contributed by atoms with Crippen LogP contribution < -0.4 is 0 Å². The lowest BCUT2D eigenvalue weighted by atomic mass is 10.1. The summed E-state index contributed by atoms with van der Waals surface area (Å²) < 4.78 is 13.2. The Morgan fingerprint density at radius 3 is 2.74 bits per heavy atom. The highest BCUT2D eigenvalue weighted by Crippen LogP contribution is 2.21. The molecule has 0 aliphatic carbocycles. The highest BCUT2D eigenvalue weighted by Gasteiger charge is 2.12. The minimum absolute atomic E-state index is 0.247. The van der Waals surface area contributed by atoms with Crippen molar-refractivity contribution in [3.8, 4) is 0 Å². The predicted molar refractivity (Wildman–Crippen MR) is 74.4 cm³/mol. The first-order valence-corrected chi connectivity index (χ1v) is 7.53. The first kappa shape index (κ1) is 14.3. The molecule has 0 unspecified atom stereocenters. The molecule has 1 aromatic rings. The summed E-state index contributed by atoms with van der Waals surface area (Å²) in [4.78, 5) is 14.1. The topological polar surface area (TPSA) is 40.5 Å². The molecule has 0 saturated carbocycles. The minimum Gasteiger partial charge on any atom is -0.478 e. The second kappa shape index (κ2) is 6.91. The molecule has 1 N–H and O–H groups in total. The third-order valence-electron chi connectivity index (χ3n) is 3.29. The van der Waals surface area contributed by atoms with E-state index in [9.17, 15) is 9.18 Å². The molecule has 0 amide bonds. The molecule has 1 saturated heterocycles. The predicted octanol–water partition coefficient (Wildman–Crippen LogP) is 3.10. The van der Waals surface area contributed by atoms with E-state index in [0.717, 1.165) is 30.3 Å². The van der Waals surface area contributed by atoms with Gasteiger partial charge < -0.3 is 10.0 Å². The number of carbonyl (C=O) groups is 1. The molecule has 1 fully saturated rings. The van der Waals surface area contributed by atoms with Crippen LogP contribution in [-0.4, -0.2) is 41.4 Å². The van der Waals surface area contributed by atoms with Gasteiger partial charge in [-0.1, -0.05) is 6.42 Å². The van der Waals surface area contributed by atoms with Crippen molar-refractivity contribution < 1.29 is 14.3 Å². The molecule has 3 nitrogen and oxygen atoms in total. The first-order valence-electron chi connectivity index (χ1n) is 6.55. The van der Waals surface area contributed by atoms with Crippen molar-refractivity contribution >= 4 is 17.7 Å². The standard InChI is InChI=1S/C14H18FNO2S/c15-13-5-4-11(10-12(13)14(17)18)19-9-8-16-6-2-1-3-7-16/h4-5,10H,1-3,6-9H2,(H,17,18). The highest BCUT2D eigenvalue weighted by atomic mass is 32.2. The van der Waals surface area contributed by atoms with Crippen molar-refractivity contribution in [1.29, 1.82) is 0 Å². The molecule has 0 bridgehead atoms. The van der Waals surface area contributed by atoms with Crippen molar-refractivity contribution in [2.24, 2.45) is 0 Å². The molecule has 19 heavy (non-hydrogen) atoms. The van der Waals surface area contributed by atoms with Gasteiger partial charge >= 0.3 is 5.97 Å². The Labute approximate surface area is 116 Å². The minimum atomic E-state index is -1.21. The summed E-state index contributed by atoms with van der Waals surface area (Å²) >= 11 is 1.58. The highest BCUT2D eigenvalue weighted by molar-refractivity contribution is 7.99. The Kier molecular flexibility index (Phi) is 5.22. The van der Waals surface area contributed by atoms with Gasteiger partial charge in [-0.15, -0.1) is 11.8 Å². The number of carboxylic acid groups (broad SMARTS) is 1. The van der Waals surface area contributed by atoms with E-state index in [1.807, 2.05) is 0 Å². The molecule has 5 heteroatoms. The average Bonchev–Trinajstić information content (AvgIpc) is 2.41. The SMILES string of the molecule is O=C(O)c1cc(SCCN2CCCCC2)ccc1F. The van der Waals surface area contributed by atoms with Crippen LogP contribution in [0.15, 0.2) is 23.1 Å². The van der Waals surface area contributed by atoms with Crippen LogP contribution in [0.5, 0.6) is 0 Å². The molecule has 0 atom stereocenters. The van der Waals surface area contributed by atoms with E-state index in [1.54, 1.807) is 17.8 Å². The molecule has 1 aromatic carbocycles. The Balaban J connectivity index is 1.85. The van der Waals surface area contributed by atoms with Gasteiger partial charge in [0.2, 0.25) is 0 Å². The van der Waals surface area contributed by atoms with E-state index in [4.69, 9.17) is 5.11 Å². The normalized spacial score (nSPS) is 16.5. The lowest BCUT2D eigenvalue weighted by Crippen LogP contribution is -2.31. The average molecular weight is 283 g/mol. The maximum atomic E-state index is 13.2. The zero-order chi connectivity index (χ0) is 13.7. The molecule has 1 aliphatic heterocycles. The fraction of sp³-hybridized carbons (Fsp3) is 0.500. The Hall–Kier alpha value is -1.07. The van der Waals surface area contributed by atoms with Gasteiger partial charge in [0.1, 0.15) is 5.82 Å². The number of likely N-dealkylation sites (tertiary alicyclic amines) is 1. The van der Waals surface area contributed by atoms with Gasteiger partial charge in [-0.25, -0.2) is 9.18 Å². The largest absolute Gasteiger partial charge is 0.478 e. The van der Waals surface area contributed by atoms with Crippen LogP contribution in [-0.2, 0) is 0 Å². The van der Waals surface area contributed by atoms with Gasteiger partial charge in [0, 0.05) is 17.2 Å². The molecule has 0 aromatic heterocycles.